The lowest BCUT2D eigenvalue weighted by Crippen LogP contribution is -2.37. The van der Waals surface area contributed by atoms with E-state index in [2.05, 4.69) is 15.6 Å². The van der Waals surface area contributed by atoms with Crippen molar-refractivity contribution in [2.45, 2.75) is 26.3 Å². The first-order valence-corrected chi connectivity index (χ1v) is 7.00. The molecule has 5 nitrogen and oxygen atoms in total. The highest BCUT2D eigenvalue weighted by atomic mass is 19.1. The lowest BCUT2D eigenvalue weighted by molar-refractivity contribution is -0.143. The summed E-state index contributed by atoms with van der Waals surface area (Å²) < 4.78 is 17.6. The predicted molar refractivity (Wildman–Crippen MR) is 80.5 cm³/mol. The van der Waals surface area contributed by atoms with Gasteiger partial charge in [0.15, 0.2) is 5.96 Å². The van der Waals surface area contributed by atoms with Gasteiger partial charge in [0, 0.05) is 26.6 Å². The molecule has 1 aromatic rings. The van der Waals surface area contributed by atoms with Gasteiger partial charge in [-0.1, -0.05) is 12.1 Å². The van der Waals surface area contributed by atoms with Crippen LogP contribution < -0.4 is 10.6 Å². The highest BCUT2D eigenvalue weighted by molar-refractivity contribution is 5.79. The van der Waals surface area contributed by atoms with Crippen LogP contribution in [0.2, 0.25) is 0 Å². The minimum atomic E-state index is -0.250. The van der Waals surface area contributed by atoms with Crippen LogP contribution in [-0.2, 0) is 16.1 Å². The first-order chi connectivity index (χ1) is 10.2. The van der Waals surface area contributed by atoms with Gasteiger partial charge in [-0.2, -0.15) is 0 Å². The molecule has 0 bridgehead atoms. The van der Waals surface area contributed by atoms with E-state index >= 15 is 0 Å². The first kappa shape index (κ1) is 16.9. The Balaban J connectivity index is 2.23. The van der Waals surface area contributed by atoms with Gasteiger partial charge in [0.25, 0.3) is 0 Å². The molecule has 21 heavy (non-hydrogen) atoms. The zero-order valence-corrected chi connectivity index (χ0v) is 12.5. The van der Waals surface area contributed by atoms with Crippen molar-refractivity contribution in [3.05, 3.63) is 35.6 Å². The van der Waals surface area contributed by atoms with E-state index in [4.69, 9.17) is 4.74 Å². The fourth-order valence-corrected chi connectivity index (χ4v) is 1.68. The summed E-state index contributed by atoms with van der Waals surface area (Å²) in [6.45, 7) is 3.38. The number of hydrogen-bond donors (Lipinski definition) is 2. The van der Waals surface area contributed by atoms with E-state index in [0.717, 1.165) is 5.56 Å². The van der Waals surface area contributed by atoms with Crippen LogP contribution in [0.3, 0.4) is 0 Å². The van der Waals surface area contributed by atoms with E-state index in [1.807, 2.05) is 0 Å². The standard InChI is InChI=1S/C15H22FN3O2/c1-3-21-14(20)5-4-10-18-15(17-2)19-11-12-6-8-13(16)9-7-12/h6-9H,3-5,10-11H2,1-2H3,(H2,17,18,19). The van der Waals surface area contributed by atoms with Crippen LogP contribution in [0.5, 0.6) is 0 Å². The van der Waals surface area contributed by atoms with Crippen LogP contribution in [0.25, 0.3) is 0 Å². The largest absolute Gasteiger partial charge is 0.466 e. The number of nitrogens with zero attached hydrogens (tertiary/aromatic N) is 1. The molecule has 6 heteroatoms. The Labute approximate surface area is 124 Å². The molecular formula is C15H22FN3O2. The molecule has 0 saturated heterocycles. The third-order valence-electron chi connectivity index (χ3n) is 2.75. The fraction of sp³-hybridized carbons (Fsp3) is 0.467. The summed E-state index contributed by atoms with van der Waals surface area (Å²) in [7, 11) is 1.67. The maximum atomic E-state index is 12.8. The molecule has 0 atom stereocenters. The zero-order chi connectivity index (χ0) is 15.5. The van der Waals surface area contributed by atoms with E-state index in [-0.39, 0.29) is 11.8 Å². The van der Waals surface area contributed by atoms with Gasteiger partial charge in [-0.15, -0.1) is 0 Å². The number of aliphatic imine (C=N–C) groups is 1. The van der Waals surface area contributed by atoms with Gasteiger partial charge in [0.05, 0.1) is 6.61 Å². The van der Waals surface area contributed by atoms with Gasteiger partial charge in [-0.05, 0) is 31.0 Å². The maximum Gasteiger partial charge on any atom is 0.305 e. The number of guanidine groups is 1. The molecule has 0 unspecified atom stereocenters. The van der Waals surface area contributed by atoms with Gasteiger partial charge in [0.1, 0.15) is 5.82 Å². The molecule has 0 fully saturated rings. The Bertz CT molecular complexity index is 460. The van der Waals surface area contributed by atoms with E-state index in [1.165, 1.54) is 12.1 Å². The topological polar surface area (TPSA) is 62.7 Å². The maximum absolute atomic E-state index is 12.8. The molecule has 1 rings (SSSR count). The Morgan fingerprint density at radius 3 is 2.62 bits per heavy atom. The number of rotatable bonds is 7. The van der Waals surface area contributed by atoms with Crippen LogP contribution in [-0.4, -0.2) is 32.1 Å². The molecule has 2 N–H and O–H groups in total. The molecule has 0 radical (unpaired) electrons. The van der Waals surface area contributed by atoms with Crippen LogP contribution in [0.4, 0.5) is 4.39 Å². The van der Waals surface area contributed by atoms with E-state index in [0.29, 0.717) is 38.5 Å². The molecule has 1 aromatic carbocycles. The molecule has 0 aliphatic heterocycles. The van der Waals surface area contributed by atoms with E-state index in [9.17, 15) is 9.18 Å². The van der Waals surface area contributed by atoms with Crippen LogP contribution in [0.1, 0.15) is 25.3 Å². The number of esters is 1. The van der Waals surface area contributed by atoms with Crippen molar-refractivity contribution in [3.63, 3.8) is 0 Å². The molecular weight excluding hydrogens is 273 g/mol. The number of hydrogen-bond acceptors (Lipinski definition) is 3. The fourth-order valence-electron chi connectivity index (χ4n) is 1.68. The molecule has 0 aliphatic rings. The average molecular weight is 295 g/mol. The lowest BCUT2D eigenvalue weighted by atomic mass is 10.2. The minimum Gasteiger partial charge on any atom is -0.466 e. The summed E-state index contributed by atoms with van der Waals surface area (Å²) in [4.78, 5) is 15.2. The SMILES string of the molecule is CCOC(=O)CCCNC(=NC)NCc1ccc(F)cc1. The number of nitrogens with one attached hydrogen (secondary N) is 2. The Hall–Kier alpha value is -2.11. The van der Waals surface area contributed by atoms with Crippen molar-refractivity contribution >= 4 is 11.9 Å². The number of carbonyl (C=O) groups is 1. The summed E-state index contributed by atoms with van der Waals surface area (Å²) in [5, 5.41) is 6.22. The smallest absolute Gasteiger partial charge is 0.305 e. The average Bonchev–Trinajstić information content (AvgIpc) is 2.48. The molecule has 0 heterocycles. The minimum absolute atomic E-state index is 0.187. The van der Waals surface area contributed by atoms with Gasteiger partial charge in [0.2, 0.25) is 0 Å². The highest BCUT2D eigenvalue weighted by Crippen LogP contribution is 2.01. The van der Waals surface area contributed by atoms with Crippen molar-refractivity contribution in [1.29, 1.82) is 0 Å². The van der Waals surface area contributed by atoms with Gasteiger partial charge in [-0.25, -0.2) is 4.39 Å². The van der Waals surface area contributed by atoms with Crippen LogP contribution in [0, 0.1) is 5.82 Å². The second-order valence-electron chi connectivity index (χ2n) is 4.39. The lowest BCUT2D eigenvalue weighted by Gasteiger charge is -2.11. The van der Waals surface area contributed by atoms with Crippen LogP contribution >= 0.6 is 0 Å². The predicted octanol–water partition coefficient (Wildman–Crippen LogP) is 1.83. The monoisotopic (exact) mass is 295 g/mol. The first-order valence-electron chi connectivity index (χ1n) is 7.00. The molecule has 0 spiro atoms. The second-order valence-corrected chi connectivity index (χ2v) is 4.39. The van der Waals surface area contributed by atoms with Gasteiger partial charge < -0.3 is 15.4 Å². The summed E-state index contributed by atoms with van der Waals surface area (Å²) in [6.07, 6.45) is 1.06. The summed E-state index contributed by atoms with van der Waals surface area (Å²) >= 11 is 0. The quantitative estimate of drug-likeness (QED) is 0.349. The molecule has 0 aliphatic carbocycles. The number of halogens is 1. The molecule has 0 aromatic heterocycles. The Morgan fingerprint density at radius 1 is 1.29 bits per heavy atom. The van der Waals surface area contributed by atoms with Crippen molar-refractivity contribution in [2.24, 2.45) is 4.99 Å². The number of ether oxygens (including phenoxy) is 1. The summed E-state index contributed by atoms with van der Waals surface area (Å²) in [5.74, 6) is 0.206. The molecule has 116 valence electrons. The third-order valence-corrected chi connectivity index (χ3v) is 2.75. The normalized spacial score (nSPS) is 11.1. The van der Waals surface area contributed by atoms with Crippen molar-refractivity contribution < 1.29 is 13.9 Å². The van der Waals surface area contributed by atoms with Crippen molar-refractivity contribution in [2.75, 3.05) is 20.2 Å². The highest BCUT2D eigenvalue weighted by Gasteiger charge is 2.02. The Kier molecular flexibility index (Phi) is 7.86. The molecule has 0 amide bonds. The van der Waals surface area contributed by atoms with Gasteiger partial charge in [-0.3, -0.25) is 9.79 Å². The zero-order valence-electron chi connectivity index (χ0n) is 12.5. The van der Waals surface area contributed by atoms with E-state index in [1.54, 1.807) is 26.1 Å². The Morgan fingerprint density at radius 2 is 2.00 bits per heavy atom. The number of benzene rings is 1. The van der Waals surface area contributed by atoms with E-state index < -0.39 is 0 Å². The van der Waals surface area contributed by atoms with Crippen LogP contribution in [0.15, 0.2) is 29.3 Å². The molecule has 0 saturated carbocycles. The van der Waals surface area contributed by atoms with Gasteiger partial charge >= 0.3 is 5.97 Å². The summed E-state index contributed by atoms with van der Waals surface area (Å²) in [6, 6.07) is 6.28. The summed E-state index contributed by atoms with van der Waals surface area (Å²) in [5.41, 5.74) is 0.964. The van der Waals surface area contributed by atoms with Crippen molar-refractivity contribution in [1.82, 2.24) is 10.6 Å². The third kappa shape index (κ3) is 7.29. The second kappa shape index (κ2) is 9.74. The number of carbonyl (C=O) groups excluding carboxylic acids is 1. The van der Waals surface area contributed by atoms with Crippen molar-refractivity contribution in [3.8, 4) is 0 Å².